The van der Waals surface area contributed by atoms with Crippen molar-refractivity contribution in [1.29, 1.82) is 0 Å². The predicted octanol–water partition coefficient (Wildman–Crippen LogP) is 2.54. The second kappa shape index (κ2) is 4.85. The Kier molecular flexibility index (Phi) is 3.46. The van der Waals surface area contributed by atoms with E-state index < -0.39 is 6.09 Å². The van der Waals surface area contributed by atoms with Crippen LogP contribution in [-0.4, -0.2) is 18.4 Å². The molecule has 0 aromatic rings. The summed E-state index contributed by atoms with van der Waals surface area (Å²) in [6, 6.07) is 0. The van der Waals surface area contributed by atoms with E-state index in [4.69, 9.17) is 4.74 Å². The molecule has 4 nitrogen and oxygen atoms in total. The number of hydrogen-bond acceptors (Lipinski definition) is 3. The lowest BCUT2D eigenvalue weighted by Crippen LogP contribution is -2.25. The van der Waals surface area contributed by atoms with Crippen molar-refractivity contribution in [2.24, 2.45) is 22.9 Å². The Balaban J connectivity index is 1.85. The van der Waals surface area contributed by atoms with Crippen molar-refractivity contribution >= 4 is 11.8 Å². The molecule has 1 N–H and O–H groups in total. The van der Waals surface area contributed by atoms with E-state index in [0.717, 1.165) is 17.5 Å². The molecule has 0 spiro atoms. The highest BCUT2D eigenvalue weighted by molar-refractivity contribution is 5.86. The summed E-state index contributed by atoms with van der Waals surface area (Å²) in [4.78, 5) is 11.1. The summed E-state index contributed by atoms with van der Waals surface area (Å²) >= 11 is 0. The van der Waals surface area contributed by atoms with E-state index in [1.807, 2.05) is 6.92 Å². The van der Waals surface area contributed by atoms with Crippen molar-refractivity contribution < 1.29 is 9.53 Å². The van der Waals surface area contributed by atoms with Gasteiger partial charge in [0.25, 0.3) is 0 Å². The lowest BCUT2D eigenvalue weighted by atomic mass is 9.86. The number of carbonyl (C=O) groups excluding carboxylic acids is 1. The Morgan fingerprint density at radius 2 is 2.25 bits per heavy atom. The highest BCUT2D eigenvalue weighted by Crippen LogP contribution is 2.48. The van der Waals surface area contributed by atoms with Gasteiger partial charge >= 0.3 is 6.09 Å². The van der Waals surface area contributed by atoms with E-state index in [1.54, 1.807) is 6.92 Å². The van der Waals surface area contributed by atoms with Crippen LogP contribution in [0.2, 0.25) is 0 Å². The molecular weight excluding hydrogens is 204 g/mol. The molecule has 2 aliphatic rings. The van der Waals surface area contributed by atoms with Crippen LogP contribution in [0.5, 0.6) is 0 Å². The highest BCUT2D eigenvalue weighted by Gasteiger charge is 2.40. The zero-order chi connectivity index (χ0) is 11.5. The fourth-order valence-electron chi connectivity index (χ4n) is 3.14. The summed E-state index contributed by atoms with van der Waals surface area (Å²) in [5, 5.41) is 4.14. The summed E-state index contributed by atoms with van der Waals surface area (Å²) in [6.45, 7) is 4.18. The minimum Gasteiger partial charge on any atom is -0.449 e. The molecule has 0 radical (unpaired) electrons. The lowest BCUT2D eigenvalue weighted by molar-refractivity contribution is 0.152. The van der Waals surface area contributed by atoms with Crippen LogP contribution < -0.4 is 5.43 Å². The van der Waals surface area contributed by atoms with E-state index in [1.165, 1.54) is 25.7 Å². The van der Waals surface area contributed by atoms with E-state index in [-0.39, 0.29) is 0 Å². The molecule has 0 saturated heterocycles. The molecule has 4 heteroatoms. The predicted molar refractivity (Wildman–Crippen MR) is 62.2 cm³/mol. The Morgan fingerprint density at radius 3 is 2.81 bits per heavy atom. The minimum absolute atomic E-state index is 0.383. The number of rotatable bonds is 3. The Bertz CT molecular complexity index is 301. The Hall–Kier alpha value is -1.06. The summed E-state index contributed by atoms with van der Waals surface area (Å²) in [5.74, 6) is 2.29. The quantitative estimate of drug-likeness (QED) is 0.591. The number of nitrogens with zero attached hydrogens (tertiary/aromatic N) is 1. The van der Waals surface area contributed by atoms with Crippen LogP contribution in [-0.2, 0) is 4.74 Å². The van der Waals surface area contributed by atoms with Crippen molar-refractivity contribution in [3.63, 3.8) is 0 Å². The Morgan fingerprint density at radius 1 is 1.44 bits per heavy atom. The molecule has 90 valence electrons. The van der Waals surface area contributed by atoms with Gasteiger partial charge in [-0.25, -0.2) is 10.2 Å². The third-order valence-electron chi connectivity index (χ3n) is 3.87. The molecule has 3 unspecified atom stereocenters. The van der Waals surface area contributed by atoms with Gasteiger partial charge in [-0.1, -0.05) is 6.42 Å². The number of fused-ring (bicyclic) bond motifs is 2. The first-order valence-corrected chi connectivity index (χ1v) is 6.17. The van der Waals surface area contributed by atoms with Crippen LogP contribution in [0.1, 0.15) is 39.5 Å². The van der Waals surface area contributed by atoms with E-state index >= 15 is 0 Å². The normalized spacial score (nSPS) is 32.9. The molecule has 0 aromatic carbocycles. The number of carbonyl (C=O) groups is 1. The molecular formula is C12H20N2O2. The number of ether oxygens (including phenoxy) is 1. The number of hydrazone groups is 1. The molecule has 2 saturated carbocycles. The van der Waals surface area contributed by atoms with Crippen LogP contribution in [0.4, 0.5) is 4.79 Å². The molecule has 2 rings (SSSR count). The smallest absolute Gasteiger partial charge is 0.427 e. The third-order valence-corrected chi connectivity index (χ3v) is 3.87. The van der Waals surface area contributed by atoms with Crippen LogP contribution in [0.15, 0.2) is 5.10 Å². The molecule has 1 amide bonds. The topological polar surface area (TPSA) is 50.7 Å². The van der Waals surface area contributed by atoms with Crippen LogP contribution in [0.3, 0.4) is 0 Å². The molecule has 16 heavy (non-hydrogen) atoms. The van der Waals surface area contributed by atoms with Gasteiger partial charge in [-0.05, 0) is 44.9 Å². The van der Waals surface area contributed by atoms with Gasteiger partial charge in [0, 0.05) is 11.6 Å². The Labute approximate surface area is 96.4 Å². The van der Waals surface area contributed by atoms with Crippen LogP contribution in [0, 0.1) is 17.8 Å². The summed E-state index contributed by atoms with van der Waals surface area (Å²) in [7, 11) is 0. The van der Waals surface area contributed by atoms with Gasteiger partial charge in [0.2, 0.25) is 0 Å². The van der Waals surface area contributed by atoms with Crippen molar-refractivity contribution in [2.45, 2.75) is 39.5 Å². The van der Waals surface area contributed by atoms with Crippen molar-refractivity contribution in [3.8, 4) is 0 Å². The zero-order valence-corrected chi connectivity index (χ0v) is 10.0. The molecule has 2 bridgehead atoms. The SMILES string of the molecule is CCOC(=O)NN=C(C)C1CC2CCC1C2. The van der Waals surface area contributed by atoms with Crippen LogP contribution in [0.25, 0.3) is 0 Å². The van der Waals surface area contributed by atoms with Gasteiger partial charge in [0.05, 0.1) is 6.61 Å². The maximum atomic E-state index is 11.1. The summed E-state index contributed by atoms with van der Waals surface area (Å²) < 4.78 is 4.76. The summed E-state index contributed by atoms with van der Waals surface area (Å²) in [6.07, 6.45) is 4.88. The minimum atomic E-state index is -0.454. The second-order valence-corrected chi connectivity index (χ2v) is 4.87. The first-order chi connectivity index (χ1) is 7.70. The largest absolute Gasteiger partial charge is 0.449 e. The highest BCUT2D eigenvalue weighted by atomic mass is 16.5. The first-order valence-electron chi connectivity index (χ1n) is 6.17. The molecule has 0 heterocycles. The van der Waals surface area contributed by atoms with Gasteiger partial charge in [0.15, 0.2) is 0 Å². The summed E-state index contributed by atoms with van der Waals surface area (Å²) in [5.41, 5.74) is 3.50. The number of hydrogen-bond donors (Lipinski definition) is 1. The van der Waals surface area contributed by atoms with E-state index in [9.17, 15) is 4.79 Å². The molecule has 3 atom stereocenters. The van der Waals surface area contributed by atoms with Crippen molar-refractivity contribution in [3.05, 3.63) is 0 Å². The monoisotopic (exact) mass is 224 g/mol. The molecule has 0 aliphatic heterocycles. The van der Waals surface area contributed by atoms with E-state index in [0.29, 0.717) is 12.5 Å². The molecule has 2 aliphatic carbocycles. The fraction of sp³-hybridized carbons (Fsp3) is 0.833. The van der Waals surface area contributed by atoms with Gasteiger partial charge in [-0.3, -0.25) is 0 Å². The average molecular weight is 224 g/mol. The standard InChI is InChI=1S/C12H20N2O2/c1-3-16-12(15)14-13-8(2)11-7-9-4-5-10(11)6-9/h9-11H,3-7H2,1-2H3,(H,14,15). The van der Waals surface area contributed by atoms with Crippen LogP contribution >= 0.6 is 0 Å². The zero-order valence-electron chi connectivity index (χ0n) is 10.0. The second-order valence-electron chi connectivity index (χ2n) is 4.87. The maximum absolute atomic E-state index is 11.1. The van der Waals surface area contributed by atoms with Gasteiger partial charge in [0.1, 0.15) is 0 Å². The van der Waals surface area contributed by atoms with Crippen molar-refractivity contribution in [2.75, 3.05) is 6.61 Å². The van der Waals surface area contributed by atoms with E-state index in [2.05, 4.69) is 10.5 Å². The number of nitrogens with one attached hydrogen (secondary N) is 1. The maximum Gasteiger partial charge on any atom is 0.427 e. The lowest BCUT2D eigenvalue weighted by Gasteiger charge is -2.21. The third kappa shape index (κ3) is 2.36. The first kappa shape index (κ1) is 11.4. The average Bonchev–Trinajstić information content (AvgIpc) is 2.88. The number of amides is 1. The fourth-order valence-corrected chi connectivity index (χ4v) is 3.14. The molecule has 2 fully saturated rings. The van der Waals surface area contributed by atoms with Gasteiger partial charge in [-0.15, -0.1) is 0 Å². The van der Waals surface area contributed by atoms with Gasteiger partial charge in [-0.2, -0.15) is 5.10 Å². The molecule has 0 aromatic heterocycles. The van der Waals surface area contributed by atoms with Gasteiger partial charge < -0.3 is 4.74 Å². The van der Waals surface area contributed by atoms with Crippen molar-refractivity contribution in [1.82, 2.24) is 5.43 Å².